The fourth-order valence-corrected chi connectivity index (χ4v) is 4.57. The number of benzene rings is 1. The van der Waals surface area contributed by atoms with Crippen molar-refractivity contribution >= 4 is 30.1 Å². The smallest absolute Gasteiger partial charge is 0.224 e. The number of carbonyl (C=O) groups excluding carboxylic acids is 1. The number of hydrogen-bond acceptors (Lipinski definition) is 3. The topological polar surface area (TPSA) is 32.3 Å². The van der Waals surface area contributed by atoms with Gasteiger partial charge in [-0.1, -0.05) is 37.3 Å². The van der Waals surface area contributed by atoms with Crippen molar-refractivity contribution in [1.82, 2.24) is 10.2 Å². The lowest BCUT2D eigenvalue weighted by Crippen LogP contribution is -2.49. The van der Waals surface area contributed by atoms with E-state index in [1.165, 1.54) is 17.7 Å². The minimum atomic E-state index is 0. The van der Waals surface area contributed by atoms with E-state index < -0.39 is 0 Å². The molecule has 1 aromatic rings. The summed E-state index contributed by atoms with van der Waals surface area (Å²) in [6.45, 7) is 5.11. The van der Waals surface area contributed by atoms with E-state index in [1.807, 2.05) is 11.8 Å². The van der Waals surface area contributed by atoms with Gasteiger partial charge in [0.05, 0.1) is 0 Å². The maximum atomic E-state index is 12.7. The van der Waals surface area contributed by atoms with Crippen molar-refractivity contribution < 1.29 is 4.79 Å². The third-order valence-electron chi connectivity index (χ3n) is 4.94. The molecular weight excluding hydrogens is 328 g/mol. The SMILES string of the molecule is CC1(c2ccccc2)CCCN(C(=O)CC2CSCCN2)C1.Cl. The van der Waals surface area contributed by atoms with Crippen molar-refractivity contribution in [3.63, 3.8) is 0 Å². The zero-order valence-corrected chi connectivity index (χ0v) is 15.4. The third kappa shape index (κ3) is 4.65. The van der Waals surface area contributed by atoms with Crippen LogP contribution in [0.5, 0.6) is 0 Å². The van der Waals surface area contributed by atoms with Crippen molar-refractivity contribution in [3.05, 3.63) is 35.9 Å². The van der Waals surface area contributed by atoms with E-state index in [0.29, 0.717) is 18.4 Å². The molecule has 23 heavy (non-hydrogen) atoms. The Morgan fingerprint density at radius 3 is 2.87 bits per heavy atom. The first-order valence-electron chi connectivity index (χ1n) is 8.32. The summed E-state index contributed by atoms with van der Waals surface area (Å²) in [7, 11) is 0. The van der Waals surface area contributed by atoms with E-state index in [1.54, 1.807) is 0 Å². The molecule has 2 fully saturated rings. The van der Waals surface area contributed by atoms with Crippen LogP contribution in [0.2, 0.25) is 0 Å². The van der Waals surface area contributed by atoms with Crippen LogP contribution in [0.1, 0.15) is 31.7 Å². The molecule has 0 aromatic heterocycles. The Labute approximate surface area is 150 Å². The van der Waals surface area contributed by atoms with Crippen molar-refractivity contribution in [2.45, 2.75) is 37.6 Å². The summed E-state index contributed by atoms with van der Waals surface area (Å²) in [5, 5.41) is 3.47. The number of rotatable bonds is 3. The highest BCUT2D eigenvalue weighted by Crippen LogP contribution is 2.33. The standard InChI is InChI=1S/C18H26N2OS.ClH/c1-18(15-6-3-2-4-7-15)8-5-10-20(14-18)17(21)12-16-13-22-11-9-19-16;/h2-4,6-7,16,19H,5,8-14H2,1H3;1H. The van der Waals surface area contributed by atoms with Crippen molar-refractivity contribution in [3.8, 4) is 0 Å². The van der Waals surface area contributed by atoms with Crippen LogP contribution in [0.3, 0.4) is 0 Å². The van der Waals surface area contributed by atoms with Crippen LogP contribution >= 0.6 is 24.2 Å². The molecule has 2 aliphatic rings. The number of halogens is 1. The normalized spacial score (nSPS) is 28.0. The van der Waals surface area contributed by atoms with Gasteiger partial charge < -0.3 is 10.2 Å². The van der Waals surface area contributed by atoms with Gasteiger partial charge in [-0.25, -0.2) is 0 Å². The molecule has 5 heteroatoms. The number of carbonyl (C=O) groups is 1. The van der Waals surface area contributed by atoms with E-state index in [0.717, 1.165) is 31.8 Å². The summed E-state index contributed by atoms with van der Waals surface area (Å²) >= 11 is 1.96. The van der Waals surface area contributed by atoms with Crippen LogP contribution in [0.4, 0.5) is 0 Å². The molecule has 2 unspecified atom stereocenters. The summed E-state index contributed by atoms with van der Waals surface area (Å²) in [5.74, 6) is 2.55. The highest BCUT2D eigenvalue weighted by atomic mass is 35.5. The van der Waals surface area contributed by atoms with Gasteiger partial charge in [-0.05, 0) is 18.4 Å². The number of piperidine rings is 1. The monoisotopic (exact) mass is 354 g/mol. The molecule has 1 N–H and O–H groups in total. The maximum Gasteiger partial charge on any atom is 0.224 e. The van der Waals surface area contributed by atoms with E-state index >= 15 is 0 Å². The van der Waals surface area contributed by atoms with Crippen LogP contribution in [-0.4, -0.2) is 48.0 Å². The molecule has 1 amide bonds. The molecule has 2 saturated heterocycles. The van der Waals surface area contributed by atoms with E-state index in [2.05, 4.69) is 47.5 Å². The van der Waals surface area contributed by atoms with Gasteiger partial charge in [0, 0.05) is 49.0 Å². The summed E-state index contributed by atoms with van der Waals surface area (Å²) in [6, 6.07) is 11.0. The van der Waals surface area contributed by atoms with Crippen LogP contribution in [0.25, 0.3) is 0 Å². The lowest BCUT2D eigenvalue weighted by atomic mass is 9.76. The van der Waals surface area contributed by atoms with Gasteiger partial charge >= 0.3 is 0 Å². The molecule has 0 aliphatic carbocycles. The lowest BCUT2D eigenvalue weighted by molar-refractivity contribution is -0.133. The highest BCUT2D eigenvalue weighted by molar-refractivity contribution is 7.99. The summed E-state index contributed by atoms with van der Waals surface area (Å²) in [6.07, 6.45) is 2.92. The summed E-state index contributed by atoms with van der Waals surface area (Å²) < 4.78 is 0. The number of hydrogen-bond donors (Lipinski definition) is 1. The average molecular weight is 355 g/mol. The fourth-order valence-electron chi connectivity index (χ4n) is 3.62. The Morgan fingerprint density at radius 2 is 2.17 bits per heavy atom. The van der Waals surface area contributed by atoms with Gasteiger partial charge in [0.1, 0.15) is 0 Å². The number of amides is 1. The molecule has 2 atom stereocenters. The first-order chi connectivity index (χ1) is 10.7. The van der Waals surface area contributed by atoms with Gasteiger partial charge in [-0.2, -0.15) is 11.8 Å². The zero-order chi connectivity index (χ0) is 15.4. The van der Waals surface area contributed by atoms with Gasteiger partial charge in [0.25, 0.3) is 0 Å². The maximum absolute atomic E-state index is 12.7. The van der Waals surface area contributed by atoms with Crippen LogP contribution in [0.15, 0.2) is 30.3 Å². The summed E-state index contributed by atoms with van der Waals surface area (Å²) in [4.78, 5) is 14.8. The average Bonchev–Trinajstić information content (AvgIpc) is 2.57. The van der Waals surface area contributed by atoms with Gasteiger partial charge in [-0.15, -0.1) is 12.4 Å². The van der Waals surface area contributed by atoms with Crippen molar-refractivity contribution in [1.29, 1.82) is 0 Å². The molecule has 3 rings (SSSR count). The van der Waals surface area contributed by atoms with Crippen molar-refractivity contribution in [2.75, 3.05) is 31.1 Å². The lowest BCUT2D eigenvalue weighted by Gasteiger charge is -2.41. The second kappa shape index (κ2) is 8.41. The molecule has 0 radical (unpaired) electrons. The quantitative estimate of drug-likeness (QED) is 0.905. The highest BCUT2D eigenvalue weighted by Gasteiger charge is 2.34. The van der Waals surface area contributed by atoms with Gasteiger partial charge in [0.2, 0.25) is 5.91 Å². The molecule has 2 heterocycles. The van der Waals surface area contributed by atoms with Gasteiger partial charge in [-0.3, -0.25) is 4.79 Å². The molecule has 0 saturated carbocycles. The van der Waals surface area contributed by atoms with Gasteiger partial charge in [0.15, 0.2) is 0 Å². The Bertz CT molecular complexity index is 507. The molecular formula is C18H27ClN2OS. The molecule has 1 aromatic carbocycles. The molecule has 2 aliphatic heterocycles. The minimum Gasteiger partial charge on any atom is -0.342 e. The zero-order valence-electron chi connectivity index (χ0n) is 13.8. The first-order valence-corrected chi connectivity index (χ1v) is 9.47. The minimum absolute atomic E-state index is 0. The van der Waals surface area contributed by atoms with E-state index in [-0.39, 0.29) is 17.8 Å². The predicted octanol–water partition coefficient (Wildman–Crippen LogP) is 3.08. The van der Waals surface area contributed by atoms with Crippen LogP contribution in [0, 0.1) is 0 Å². The van der Waals surface area contributed by atoms with E-state index in [4.69, 9.17) is 0 Å². The first kappa shape index (κ1) is 18.6. The molecule has 3 nitrogen and oxygen atoms in total. The second-order valence-corrected chi connectivity index (χ2v) is 7.93. The second-order valence-electron chi connectivity index (χ2n) is 6.78. The fraction of sp³-hybridized carbons (Fsp3) is 0.611. The van der Waals surface area contributed by atoms with Crippen LogP contribution < -0.4 is 5.32 Å². The summed E-state index contributed by atoms with van der Waals surface area (Å²) in [5.41, 5.74) is 1.46. The third-order valence-corrected chi connectivity index (χ3v) is 6.07. The molecule has 128 valence electrons. The van der Waals surface area contributed by atoms with Crippen molar-refractivity contribution in [2.24, 2.45) is 0 Å². The number of nitrogens with zero attached hydrogens (tertiary/aromatic N) is 1. The number of nitrogens with one attached hydrogen (secondary N) is 1. The van der Waals surface area contributed by atoms with E-state index in [9.17, 15) is 4.79 Å². The molecule has 0 spiro atoms. The number of thioether (sulfide) groups is 1. The Morgan fingerprint density at radius 1 is 1.39 bits per heavy atom. The Hall–Kier alpha value is -0.710. The Balaban J connectivity index is 0.00000192. The predicted molar refractivity (Wildman–Crippen MR) is 101 cm³/mol. The largest absolute Gasteiger partial charge is 0.342 e. The molecule has 0 bridgehead atoms. The van der Waals surface area contributed by atoms with Crippen LogP contribution in [-0.2, 0) is 10.2 Å². The number of likely N-dealkylation sites (tertiary alicyclic amines) is 1. The Kier molecular flexibility index (Phi) is 6.81.